The number of fused-ring (bicyclic) bond motifs is 7. The van der Waals surface area contributed by atoms with Gasteiger partial charge in [-0.05, 0) is 0 Å². The second-order valence-corrected chi connectivity index (χ2v) is 9.69. The average Bonchev–Trinajstić information content (AvgIpc) is 2.81. The van der Waals surface area contributed by atoms with Gasteiger partial charge in [0.15, 0.2) is 0 Å². The van der Waals surface area contributed by atoms with Gasteiger partial charge in [-0.2, -0.15) is 0 Å². The minimum atomic E-state index is -0.369. The van der Waals surface area contributed by atoms with Gasteiger partial charge < -0.3 is 0 Å². The van der Waals surface area contributed by atoms with Gasteiger partial charge in [0.25, 0.3) is 0 Å². The number of hydrogen-bond acceptors (Lipinski definition) is 0. The summed E-state index contributed by atoms with van der Waals surface area (Å²) >= 11 is -0.369. The topological polar surface area (TPSA) is 0 Å². The van der Waals surface area contributed by atoms with Gasteiger partial charge in [0, 0.05) is 0 Å². The Balaban J connectivity index is 2.01. The summed E-state index contributed by atoms with van der Waals surface area (Å²) in [5.74, 6) is 0. The molecular formula is C22H16Sn+2. The first kappa shape index (κ1) is 13.6. The van der Waals surface area contributed by atoms with Crippen LogP contribution in [0.15, 0.2) is 72.8 Å². The van der Waals surface area contributed by atoms with Crippen molar-refractivity contribution in [1.29, 1.82) is 0 Å². The molecule has 0 aliphatic carbocycles. The van der Waals surface area contributed by atoms with E-state index in [1.165, 1.54) is 41.5 Å². The van der Waals surface area contributed by atoms with Gasteiger partial charge in [0.2, 0.25) is 0 Å². The Morgan fingerprint density at radius 2 is 1.00 bits per heavy atom. The van der Waals surface area contributed by atoms with E-state index in [9.17, 15) is 0 Å². The van der Waals surface area contributed by atoms with Crippen LogP contribution in [0.2, 0.25) is 0 Å². The first-order valence-electron chi connectivity index (χ1n) is 8.14. The molecule has 0 saturated carbocycles. The summed E-state index contributed by atoms with van der Waals surface area (Å²) in [6, 6.07) is 27.1. The molecule has 0 atom stereocenters. The third kappa shape index (κ3) is 2.12. The number of hydrogen-bond donors (Lipinski definition) is 0. The fraction of sp³-hybridized carbons (Fsp3) is 0.0909. The second-order valence-electron chi connectivity index (χ2n) is 6.25. The Hall–Kier alpha value is -1.80. The van der Waals surface area contributed by atoms with Crippen LogP contribution in [0.1, 0.15) is 11.1 Å². The normalized spacial score (nSPS) is 12.9. The molecule has 5 rings (SSSR count). The van der Waals surface area contributed by atoms with E-state index < -0.39 is 0 Å². The van der Waals surface area contributed by atoms with E-state index in [1.807, 2.05) is 0 Å². The summed E-state index contributed by atoms with van der Waals surface area (Å²) in [7, 11) is 0. The molecule has 0 nitrogen and oxygen atoms in total. The standard InChI is InChI=1S/C22H16.Sn/c1-15-11-13-17-7-3-5-9-19(17)21(15)22-16(2)12-14-18-8-4-6-10-20(18)22;/h3-14H,1-2H2;/q;+2. The van der Waals surface area contributed by atoms with Crippen LogP contribution in [0.5, 0.6) is 0 Å². The van der Waals surface area contributed by atoms with Crippen LogP contribution in [0.4, 0.5) is 0 Å². The Bertz CT molecular complexity index is 961. The first-order chi connectivity index (χ1) is 11.4. The van der Waals surface area contributed by atoms with Gasteiger partial charge in [0.05, 0.1) is 0 Å². The molecule has 0 aromatic heterocycles. The maximum absolute atomic E-state index is 2.38. The minimum absolute atomic E-state index is 0.369. The van der Waals surface area contributed by atoms with E-state index in [-0.39, 0.29) is 21.1 Å². The average molecular weight is 399 g/mol. The SMILES string of the molecule is c1ccc2c3c(ccc2c1)[CH2][Sn+2][CH2]c1ccc2ccccc2c1-3. The van der Waals surface area contributed by atoms with E-state index in [0.29, 0.717) is 0 Å². The molecule has 0 bridgehead atoms. The molecule has 1 aliphatic heterocycles. The maximum atomic E-state index is 2.38. The molecule has 106 valence electrons. The number of rotatable bonds is 0. The third-order valence-corrected chi connectivity index (χ3v) is 8.51. The van der Waals surface area contributed by atoms with Crippen molar-refractivity contribution in [1.82, 2.24) is 0 Å². The van der Waals surface area contributed by atoms with Gasteiger partial charge in [-0.15, -0.1) is 0 Å². The fourth-order valence-electron chi connectivity index (χ4n) is 3.85. The molecule has 1 aliphatic rings. The Morgan fingerprint density at radius 3 is 1.52 bits per heavy atom. The zero-order chi connectivity index (χ0) is 15.2. The predicted molar refractivity (Wildman–Crippen MR) is 100 cm³/mol. The Labute approximate surface area is 146 Å². The zero-order valence-corrected chi connectivity index (χ0v) is 15.7. The third-order valence-electron chi connectivity index (χ3n) is 4.91. The molecule has 0 amide bonds. The molecule has 4 aromatic carbocycles. The van der Waals surface area contributed by atoms with E-state index in [0.717, 1.165) is 0 Å². The van der Waals surface area contributed by atoms with E-state index in [2.05, 4.69) is 72.8 Å². The monoisotopic (exact) mass is 400 g/mol. The van der Waals surface area contributed by atoms with Crippen molar-refractivity contribution in [2.45, 2.75) is 8.87 Å². The molecule has 1 heterocycles. The summed E-state index contributed by atoms with van der Waals surface area (Å²) in [5, 5.41) is 5.56. The summed E-state index contributed by atoms with van der Waals surface area (Å²) < 4.78 is 2.68. The molecule has 0 unspecified atom stereocenters. The number of benzene rings is 4. The summed E-state index contributed by atoms with van der Waals surface area (Å²) in [6.45, 7) is 0. The van der Waals surface area contributed by atoms with Crippen LogP contribution in [-0.2, 0) is 8.87 Å². The van der Waals surface area contributed by atoms with Gasteiger partial charge in [-0.3, -0.25) is 0 Å². The van der Waals surface area contributed by atoms with E-state index in [1.54, 1.807) is 11.1 Å². The van der Waals surface area contributed by atoms with E-state index in [4.69, 9.17) is 0 Å². The zero-order valence-electron chi connectivity index (χ0n) is 12.8. The van der Waals surface area contributed by atoms with Crippen molar-refractivity contribution in [3.8, 4) is 11.1 Å². The first-order valence-corrected chi connectivity index (χ1v) is 12.2. The van der Waals surface area contributed by atoms with Gasteiger partial charge >= 0.3 is 147 Å². The van der Waals surface area contributed by atoms with Crippen molar-refractivity contribution in [3.63, 3.8) is 0 Å². The van der Waals surface area contributed by atoms with Crippen molar-refractivity contribution < 1.29 is 0 Å². The molecule has 0 radical (unpaired) electrons. The predicted octanol–water partition coefficient (Wildman–Crippen LogP) is 5.38. The van der Waals surface area contributed by atoms with E-state index >= 15 is 0 Å². The molecule has 1 heteroatoms. The molecule has 0 N–H and O–H groups in total. The molecule has 4 aromatic rings. The van der Waals surface area contributed by atoms with Crippen LogP contribution in [0, 0.1) is 0 Å². The second kappa shape index (κ2) is 5.38. The molecule has 0 spiro atoms. The Kier molecular flexibility index (Phi) is 3.19. The van der Waals surface area contributed by atoms with Crippen LogP contribution in [-0.4, -0.2) is 21.1 Å². The summed E-state index contributed by atoms with van der Waals surface area (Å²) in [5.41, 5.74) is 6.16. The molecule has 23 heavy (non-hydrogen) atoms. The Morgan fingerprint density at radius 1 is 0.522 bits per heavy atom. The van der Waals surface area contributed by atoms with Gasteiger partial charge in [-0.25, -0.2) is 0 Å². The quantitative estimate of drug-likeness (QED) is 0.349. The van der Waals surface area contributed by atoms with Crippen molar-refractivity contribution in [3.05, 3.63) is 83.9 Å². The molecular weight excluding hydrogens is 383 g/mol. The molecule has 0 fully saturated rings. The van der Waals surface area contributed by atoms with Gasteiger partial charge in [0.1, 0.15) is 0 Å². The van der Waals surface area contributed by atoms with Crippen molar-refractivity contribution in [2.75, 3.05) is 0 Å². The van der Waals surface area contributed by atoms with Crippen molar-refractivity contribution >= 4 is 42.7 Å². The van der Waals surface area contributed by atoms with Crippen LogP contribution >= 0.6 is 0 Å². The fourth-order valence-corrected chi connectivity index (χ4v) is 7.43. The van der Waals surface area contributed by atoms with Crippen LogP contribution in [0.25, 0.3) is 32.7 Å². The summed E-state index contributed by atoms with van der Waals surface area (Å²) in [6.07, 6.45) is 0. The van der Waals surface area contributed by atoms with Gasteiger partial charge in [-0.1, -0.05) is 0 Å². The van der Waals surface area contributed by atoms with Crippen LogP contribution < -0.4 is 0 Å². The van der Waals surface area contributed by atoms with Crippen LogP contribution in [0.3, 0.4) is 0 Å². The summed E-state index contributed by atoms with van der Waals surface area (Å²) in [4.78, 5) is 0. The van der Waals surface area contributed by atoms with Crippen molar-refractivity contribution in [2.24, 2.45) is 0 Å². The molecule has 0 saturated heterocycles.